The van der Waals surface area contributed by atoms with Gasteiger partial charge in [-0.05, 0) is 66.4 Å². The number of aromatic nitrogens is 1. The van der Waals surface area contributed by atoms with Gasteiger partial charge < -0.3 is 14.8 Å². The molecule has 0 aliphatic carbocycles. The number of rotatable bonds is 2. The van der Waals surface area contributed by atoms with E-state index in [9.17, 15) is 9.18 Å². The lowest BCUT2D eigenvalue weighted by molar-refractivity contribution is 0.194. The topological polar surface area (TPSA) is 37.3 Å². The highest BCUT2D eigenvalue weighted by molar-refractivity contribution is 5.90. The Labute approximate surface area is 186 Å². The molecule has 1 aliphatic rings. The molecule has 5 heteroatoms. The van der Waals surface area contributed by atoms with Gasteiger partial charge in [-0.25, -0.2) is 9.18 Å². The number of amides is 2. The van der Waals surface area contributed by atoms with Crippen molar-refractivity contribution in [3.05, 3.63) is 119 Å². The fourth-order valence-corrected chi connectivity index (χ4v) is 4.43. The molecule has 1 atom stereocenters. The first-order valence-corrected chi connectivity index (χ1v) is 10.7. The maximum atomic E-state index is 14.1. The van der Waals surface area contributed by atoms with Crippen molar-refractivity contribution in [2.24, 2.45) is 0 Å². The number of nitrogens with zero attached hydrogens (tertiary/aromatic N) is 2. The number of carbonyl (C=O) groups excluding carboxylic acids is 1. The maximum Gasteiger partial charge on any atom is 0.322 e. The summed E-state index contributed by atoms with van der Waals surface area (Å²) in [5.41, 5.74) is 6.27. The lowest BCUT2D eigenvalue weighted by Gasteiger charge is -2.32. The molecule has 0 saturated heterocycles. The first kappa shape index (κ1) is 20.1. The van der Waals surface area contributed by atoms with Gasteiger partial charge in [-0.2, -0.15) is 0 Å². The van der Waals surface area contributed by atoms with Crippen LogP contribution in [0.5, 0.6) is 0 Å². The monoisotopic (exact) mass is 425 g/mol. The predicted octanol–water partition coefficient (Wildman–Crippen LogP) is 6.37. The Bertz CT molecular complexity index is 1310. The van der Waals surface area contributed by atoms with Crippen molar-refractivity contribution in [1.82, 2.24) is 9.47 Å². The van der Waals surface area contributed by atoms with Crippen molar-refractivity contribution in [2.45, 2.75) is 26.4 Å². The number of fused-ring (bicyclic) bond motifs is 3. The van der Waals surface area contributed by atoms with Crippen molar-refractivity contribution in [2.75, 3.05) is 5.32 Å². The number of carbonyl (C=O) groups is 1. The minimum atomic E-state index is -0.339. The zero-order valence-corrected chi connectivity index (χ0v) is 18.0. The standard InChI is InChI=1S/C27H24FN3O/c1-18-8-3-5-10-22(18)26-25-12-7-15-30(25)24-11-6-4-9-20(24)17-31(26)27(32)29-21-14-13-19(2)23(28)16-21/h3-16,26H,17H2,1-2H3,(H,29,32). The Kier molecular flexibility index (Phi) is 5.02. The van der Waals surface area contributed by atoms with Crippen LogP contribution in [0.1, 0.15) is 34.0 Å². The predicted molar refractivity (Wildman–Crippen MR) is 124 cm³/mol. The molecule has 0 spiro atoms. The highest BCUT2D eigenvalue weighted by Gasteiger charge is 2.33. The number of halogens is 1. The molecule has 2 heterocycles. The van der Waals surface area contributed by atoms with Gasteiger partial charge in [0.25, 0.3) is 0 Å². The number of aryl methyl sites for hydroxylation is 2. The van der Waals surface area contributed by atoms with E-state index in [-0.39, 0.29) is 17.9 Å². The minimum Gasteiger partial charge on any atom is -0.318 e. The number of hydrogen-bond acceptors (Lipinski definition) is 1. The van der Waals surface area contributed by atoms with Crippen LogP contribution in [0.3, 0.4) is 0 Å². The fourth-order valence-electron chi connectivity index (χ4n) is 4.43. The zero-order chi connectivity index (χ0) is 22.2. The largest absolute Gasteiger partial charge is 0.322 e. The van der Waals surface area contributed by atoms with E-state index in [1.807, 2.05) is 47.5 Å². The Hall–Kier alpha value is -3.86. The van der Waals surface area contributed by atoms with Crippen LogP contribution in [0.25, 0.3) is 5.69 Å². The van der Waals surface area contributed by atoms with Crippen molar-refractivity contribution < 1.29 is 9.18 Å². The van der Waals surface area contributed by atoms with Gasteiger partial charge in [-0.1, -0.05) is 48.5 Å². The maximum absolute atomic E-state index is 14.1. The first-order chi connectivity index (χ1) is 15.5. The molecule has 4 nitrogen and oxygen atoms in total. The van der Waals surface area contributed by atoms with E-state index in [4.69, 9.17) is 0 Å². The second-order valence-corrected chi connectivity index (χ2v) is 8.21. The molecule has 5 rings (SSSR count). The van der Waals surface area contributed by atoms with E-state index in [1.165, 1.54) is 6.07 Å². The average molecular weight is 426 g/mol. The van der Waals surface area contributed by atoms with Gasteiger partial charge in [0.1, 0.15) is 11.9 Å². The summed E-state index contributed by atoms with van der Waals surface area (Å²) < 4.78 is 16.3. The van der Waals surface area contributed by atoms with Crippen molar-refractivity contribution in [1.29, 1.82) is 0 Å². The van der Waals surface area contributed by atoms with Crippen LogP contribution in [-0.2, 0) is 6.54 Å². The summed E-state index contributed by atoms with van der Waals surface area (Å²) in [5.74, 6) is -0.339. The normalized spacial score (nSPS) is 15.0. The van der Waals surface area contributed by atoms with Crippen LogP contribution in [0, 0.1) is 19.7 Å². The van der Waals surface area contributed by atoms with Gasteiger partial charge in [0.15, 0.2) is 0 Å². The molecule has 3 aromatic carbocycles. The van der Waals surface area contributed by atoms with E-state index in [1.54, 1.807) is 19.1 Å². The van der Waals surface area contributed by atoms with Crippen LogP contribution in [-0.4, -0.2) is 15.5 Å². The third-order valence-corrected chi connectivity index (χ3v) is 6.13. The molecule has 1 aliphatic heterocycles. The van der Waals surface area contributed by atoms with Crippen LogP contribution >= 0.6 is 0 Å². The van der Waals surface area contributed by atoms with Crippen LogP contribution in [0.4, 0.5) is 14.9 Å². The van der Waals surface area contributed by atoms with Gasteiger partial charge in [-0.15, -0.1) is 0 Å². The van der Waals surface area contributed by atoms with Crippen molar-refractivity contribution >= 4 is 11.7 Å². The summed E-state index contributed by atoms with van der Waals surface area (Å²) in [6.07, 6.45) is 2.04. The number of nitrogens with one attached hydrogen (secondary N) is 1. The summed E-state index contributed by atoms with van der Waals surface area (Å²) >= 11 is 0. The fraction of sp³-hybridized carbons (Fsp3) is 0.148. The van der Waals surface area contributed by atoms with Crippen molar-refractivity contribution in [3.63, 3.8) is 0 Å². The Morgan fingerprint density at radius 2 is 1.72 bits per heavy atom. The quantitative estimate of drug-likeness (QED) is 0.398. The lowest BCUT2D eigenvalue weighted by atomic mass is 9.97. The summed E-state index contributed by atoms with van der Waals surface area (Å²) in [5, 5.41) is 2.92. The third kappa shape index (κ3) is 3.46. The number of para-hydroxylation sites is 1. The molecule has 32 heavy (non-hydrogen) atoms. The third-order valence-electron chi connectivity index (χ3n) is 6.13. The molecule has 160 valence electrons. The average Bonchev–Trinajstić information content (AvgIpc) is 3.21. The van der Waals surface area contributed by atoms with E-state index >= 15 is 0 Å². The highest BCUT2D eigenvalue weighted by Crippen LogP contribution is 2.38. The molecule has 4 aromatic rings. The molecular weight excluding hydrogens is 401 g/mol. The molecule has 0 bridgehead atoms. The molecule has 0 radical (unpaired) electrons. The molecular formula is C27H24FN3O. The summed E-state index contributed by atoms with van der Waals surface area (Å²) in [6, 6.07) is 24.5. The first-order valence-electron chi connectivity index (χ1n) is 10.7. The number of anilines is 1. The SMILES string of the molecule is Cc1ccc(NC(=O)N2Cc3ccccc3-n3cccc3C2c2ccccc2C)cc1F. The molecule has 0 fully saturated rings. The van der Waals surface area contributed by atoms with Gasteiger partial charge >= 0.3 is 6.03 Å². The summed E-state index contributed by atoms with van der Waals surface area (Å²) in [4.78, 5) is 15.5. The lowest BCUT2D eigenvalue weighted by Crippen LogP contribution is -2.38. The van der Waals surface area contributed by atoms with Crippen LogP contribution in [0.2, 0.25) is 0 Å². The smallest absolute Gasteiger partial charge is 0.318 e. The van der Waals surface area contributed by atoms with Gasteiger partial charge in [0.05, 0.1) is 12.2 Å². The minimum absolute atomic E-state index is 0.272. The van der Waals surface area contributed by atoms with Gasteiger partial charge in [0.2, 0.25) is 0 Å². The molecule has 1 aromatic heterocycles. The number of hydrogen-bond donors (Lipinski definition) is 1. The highest BCUT2D eigenvalue weighted by atomic mass is 19.1. The summed E-state index contributed by atoms with van der Waals surface area (Å²) in [6.45, 7) is 4.19. The zero-order valence-electron chi connectivity index (χ0n) is 18.0. The number of urea groups is 1. The number of benzene rings is 3. The van der Waals surface area contributed by atoms with Gasteiger partial charge in [0, 0.05) is 17.6 Å². The Morgan fingerprint density at radius 3 is 2.53 bits per heavy atom. The summed E-state index contributed by atoms with van der Waals surface area (Å²) in [7, 11) is 0. The van der Waals surface area contributed by atoms with Crippen molar-refractivity contribution in [3.8, 4) is 5.69 Å². The molecule has 1 unspecified atom stereocenters. The van der Waals surface area contributed by atoms with Crippen LogP contribution in [0.15, 0.2) is 85.1 Å². The molecule has 0 saturated carbocycles. The second kappa shape index (κ2) is 8.00. The van der Waals surface area contributed by atoms with E-state index in [0.29, 0.717) is 17.8 Å². The van der Waals surface area contributed by atoms with E-state index in [2.05, 4.69) is 41.1 Å². The molecule has 2 amide bonds. The molecule has 1 N–H and O–H groups in total. The van der Waals surface area contributed by atoms with E-state index in [0.717, 1.165) is 28.1 Å². The Morgan fingerprint density at radius 1 is 0.938 bits per heavy atom. The second-order valence-electron chi connectivity index (χ2n) is 8.21. The van der Waals surface area contributed by atoms with Crippen LogP contribution < -0.4 is 5.32 Å². The van der Waals surface area contributed by atoms with Gasteiger partial charge in [-0.3, -0.25) is 0 Å². The van der Waals surface area contributed by atoms with E-state index < -0.39 is 0 Å². The Balaban J connectivity index is 1.64.